The summed E-state index contributed by atoms with van der Waals surface area (Å²) in [4.78, 5) is 38.2. The van der Waals surface area contributed by atoms with Crippen molar-refractivity contribution in [3.8, 4) is 5.75 Å². The van der Waals surface area contributed by atoms with Crippen LogP contribution in [-0.2, 0) is 19.0 Å². The van der Waals surface area contributed by atoms with Crippen LogP contribution in [0.5, 0.6) is 5.75 Å². The van der Waals surface area contributed by atoms with Crippen molar-refractivity contribution in [1.29, 1.82) is 0 Å². The van der Waals surface area contributed by atoms with Crippen LogP contribution in [0.15, 0.2) is 35.3 Å². The van der Waals surface area contributed by atoms with Gasteiger partial charge in [0, 0.05) is 0 Å². The Hall–Kier alpha value is -2.69. The van der Waals surface area contributed by atoms with Crippen LogP contribution in [0.25, 0.3) is 0 Å². The number of aliphatic hydroxyl groups excluding tert-OH is 1. The minimum absolute atomic E-state index is 0.0310. The molecule has 1 aromatic rings. The molecule has 2 heterocycles. The number of aliphatic hydroxyl groups is 1. The fraction of sp³-hybridized carbons (Fsp3) is 0.421. The topological polar surface area (TPSA) is 134 Å². The number of nitrogens with zero attached hydrogens (tertiary/aromatic N) is 1. The van der Waals surface area contributed by atoms with Crippen LogP contribution in [0.4, 0.5) is 4.79 Å². The maximum absolute atomic E-state index is 13.0. The van der Waals surface area contributed by atoms with E-state index in [0.717, 1.165) is 7.11 Å². The van der Waals surface area contributed by atoms with Crippen LogP contribution < -0.4 is 0 Å². The highest BCUT2D eigenvalue weighted by atomic mass is 16.5. The minimum Gasteiger partial charge on any atom is -0.508 e. The highest BCUT2D eigenvalue weighted by molar-refractivity contribution is 6.53. The first kappa shape index (κ1) is 19.6. The number of allylic oxidation sites excluding steroid dienone is 1. The normalized spacial score (nSPS) is 29.1. The van der Waals surface area contributed by atoms with Crippen LogP contribution in [0.2, 0.25) is 0 Å². The number of imide groups is 3. The molecule has 2 aliphatic heterocycles. The molecule has 2 fully saturated rings. The predicted molar refractivity (Wildman–Crippen MR) is 98.0 cm³/mol. The molecule has 2 saturated heterocycles. The molecule has 0 radical (unpaired) electrons. The molecule has 0 aromatic heterocycles. The number of carbonyl (C=O) groups excluding carboxylic acids is 3. The number of hydrogen-bond donors (Lipinski definition) is 3. The van der Waals surface area contributed by atoms with Crippen molar-refractivity contribution < 1.29 is 39.0 Å². The van der Waals surface area contributed by atoms with Gasteiger partial charge in [0.1, 0.15) is 5.75 Å². The zero-order valence-corrected chi connectivity index (χ0v) is 15.6. The second-order valence-electron chi connectivity index (χ2n) is 7.45. The molecule has 3 aliphatic rings. The van der Waals surface area contributed by atoms with Gasteiger partial charge < -0.3 is 24.6 Å². The number of amides is 3. The first-order valence-corrected chi connectivity index (χ1v) is 9.28. The molecular formula is C19H20BNO8. The van der Waals surface area contributed by atoms with Crippen molar-refractivity contribution in [3.05, 3.63) is 40.9 Å². The molecule has 0 spiro atoms. The van der Waals surface area contributed by atoms with Gasteiger partial charge >= 0.3 is 13.2 Å². The van der Waals surface area contributed by atoms with E-state index in [1.54, 1.807) is 12.1 Å². The van der Waals surface area contributed by atoms with E-state index < -0.39 is 55.5 Å². The number of fused-ring (bicyclic) bond motifs is 3. The molecule has 3 N–H and O–H groups in total. The molecule has 29 heavy (non-hydrogen) atoms. The number of phenolic OH excluding ortho intramolecular Hbond substituents is 1. The molecule has 4 atom stereocenters. The zero-order valence-electron chi connectivity index (χ0n) is 15.6. The Morgan fingerprint density at radius 2 is 2.07 bits per heavy atom. The van der Waals surface area contributed by atoms with Crippen LogP contribution in [-0.4, -0.2) is 58.9 Å². The summed E-state index contributed by atoms with van der Waals surface area (Å²) >= 11 is 0. The smallest absolute Gasteiger partial charge is 0.487 e. The maximum Gasteiger partial charge on any atom is 0.487 e. The first-order valence-electron chi connectivity index (χ1n) is 9.28. The molecule has 4 rings (SSSR count). The lowest BCUT2D eigenvalue weighted by Gasteiger charge is -2.41. The standard InChI is InChI=1S/C19H20BNO8/c1-28-19(26)21-17(24)13-6-10(8-22)16-12(15(13)18(21)25)7-14(29-20(16)27)9-3-2-4-11(23)5-9/h2-5,12-15,22-23,27H,6-8H2,1H3/t12-,13-,14-,15+/m0/s1. The summed E-state index contributed by atoms with van der Waals surface area (Å²) in [5, 5.41) is 30.2. The molecule has 10 heteroatoms. The lowest BCUT2D eigenvalue weighted by Crippen LogP contribution is -2.45. The Kier molecular flexibility index (Phi) is 4.93. The summed E-state index contributed by atoms with van der Waals surface area (Å²) < 4.78 is 10.3. The predicted octanol–water partition coefficient (Wildman–Crippen LogP) is 0.550. The number of likely N-dealkylation sites (tertiary alicyclic amines) is 1. The van der Waals surface area contributed by atoms with Crippen LogP contribution in [0, 0.1) is 17.8 Å². The maximum atomic E-state index is 13.0. The van der Waals surface area contributed by atoms with Crippen molar-refractivity contribution in [2.24, 2.45) is 17.8 Å². The molecule has 3 amide bonds. The van der Waals surface area contributed by atoms with Gasteiger partial charge in [-0.2, -0.15) is 4.90 Å². The number of benzene rings is 1. The van der Waals surface area contributed by atoms with Crippen molar-refractivity contribution in [3.63, 3.8) is 0 Å². The largest absolute Gasteiger partial charge is 0.508 e. The molecule has 9 nitrogen and oxygen atoms in total. The molecule has 1 aromatic carbocycles. The Bertz CT molecular complexity index is 915. The quantitative estimate of drug-likeness (QED) is 0.483. The van der Waals surface area contributed by atoms with Crippen LogP contribution >= 0.6 is 0 Å². The van der Waals surface area contributed by atoms with Gasteiger partial charge in [0.15, 0.2) is 0 Å². The number of ether oxygens (including phenoxy) is 1. The summed E-state index contributed by atoms with van der Waals surface area (Å²) in [6.45, 7) is -0.397. The Morgan fingerprint density at radius 3 is 2.72 bits per heavy atom. The van der Waals surface area contributed by atoms with Gasteiger partial charge in [-0.25, -0.2) is 4.79 Å². The van der Waals surface area contributed by atoms with E-state index in [-0.39, 0.29) is 18.6 Å². The number of aromatic hydroxyl groups is 1. The SMILES string of the molecule is COC(=O)N1C(=O)[C@H]2[C@H](CC(CO)=C3B(O)O[C@H](c4cccc(O)c4)C[C@H]32)C1=O. The second kappa shape index (κ2) is 7.29. The summed E-state index contributed by atoms with van der Waals surface area (Å²) in [6.07, 6.45) is -1.38. The van der Waals surface area contributed by atoms with Crippen molar-refractivity contribution in [1.82, 2.24) is 4.90 Å². The van der Waals surface area contributed by atoms with Crippen molar-refractivity contribution in [2.45, 2.75) is 18.9 Å². The highest BCUT2D eigenvalue weighted by Crippen LogP contribution is 2.51. The molecular weight excluding hydrogens is 381 g/mol. The highest BCUT2D eigenvalue weighted by Gasteiger charge is 2.59. The van der Waals surface area contributed by atoms with Gasteiger partial charge in [0.05, 0.1) is 31.7 Å². The number of carbonyl (C=O) groups is 3. The third-order valence-electron chi connectivity index (χ3n) is 6.00. The summed E-state index contributed by atoms with van der Waals surface area (Å²) in [5.74, 6) is -3.57. The van der Waals surface area contributed by atoms with Gasteiger partial charge in [-0.05, 0) is 47.5 Å². The van der Waals surface area contributed by atoms with E-state index in [1.807, 2.05) is 0 Å². The van der Waals surface area contributed by atoms with E-state index in [2.05, 4.69) is 4.74 Å². The monoisotopic (exact) mass is 401 g/mol. The Balaban J connectivity index is 1.74. The fourth-order valence-corrected chi connectivity index (χ4v) is 4.77. The van der Waals surface area contributed by atoms with Crippen molar-refractivity contribution >= 4 is 25.0 Å². The zero-order chi connectivity index (χ0) is 20.9. The Labute approximate surface area is 166 Å². The molecule has 0 unspecified atom stereocenters. The first-order chi connectivity index (χ1) is 13.9. The number of methoxy groups -OCH3 is 1. The molecule has 1 aliphatic carbocycles. The van der Waals surface area contributed by atoms with Gasteiger partial charge in [-0.15, -0.1) is 0 Å². The number of hydrogen-bond acceptors (Lipinski definition) is 8. The van der Waals surface area contributed by atoms with Gasteiger partial charge in [-0.3, -0.25) is 9.59 Å². The molecule has 0 bridgehead atoms. The fourth-order valence-electron chi connectivity index (χ4n) is 4.77. The summed E-state index contributed by atoms with van der Waals surface area (Å²) in [7, 11) is -0.289. The van der Waals surface area contributed by atoms with Crippen LogP contribution in [0.3, 0.4) is 0 Å². The number of rotatable bonds is 2. The van der Waals surface area contributed by atoms with E-state index in [9.17, 15) is 29.6 Å². The lowest BCUT2D eigenvalue weighted by atomic mass is 9.55. The van der Waals surface area contributed by atoms with E-state index >= 15 is 0 Å². The minimum atomic E-state index is -1.38. The van der Waals surface area contributed by atoms with Crippen molar-refractivity contribution in [2.75, 3.05) is 13.7 Å². The van der Waals surface area contributed by atoms with Gasteiger partial charge in [0.2, 0.25) is 11.8 Å². The van der Waals surface area contributed by atoms with E-state index in [4.69, 9.17) is 4.65 Å². The van der Waals surface area contributed by atoms with Gasteiger partial charge in [0.25, 0.3) is 0 Å². The summed E-state index contributed by atoms with van der Waals surface area (Å²) in [6, 6.07) is 6.36. The lowest BCUT2D eigenvalue weighted by molar-refractivity contribution is -0.137. The van der Waals surface area contributed by atoms with Crippen LogP contribution in [0.1, 0.15) is 24.5 Å². The Morgan fingerprint density at radius 1 is 1.31 bits per heavy atom. The van der Waals surface area contributed by atoms with E-state index in [0.29, 0.717) is 21.5 Å². The second-order valence-corrected chi connectivity index (χ2v) is 7.45. The molecule has 0 saturated carbocycles. The molecule has 152 valence electrons. The summed E-state index contributed by atoms with van der Waals surface area (Å²) in [5.41, 5.74) is 1.43. The third kappa shape index (κ3) is 3.04. The third-order valence-corrected chi connectivity index (χ3v) is 6.00. The van der Waals surface area contributed by atoms with E-state index in [1.165, 1.54) is 12.1 Å². The average Bonchev–Trinajstić information content (AvgIpc) is 2.96. The average molecular weight is 401 g/mol. The number of phenols is 1. The van der Waals surface area contributed by atoms with Gasteiger partial charge in [-0.1, -0.05) is 12.1 Å².